The van der Waals surface area contributed by atoms with Crippen LogP contribution in [0.25, 0.3) is 6.08 Å². The predicted octanol–water partition coefficient (Wildman–Crippen LogP) is 2.55. The van der Waals surface area contributed by atoms with Crippen LogP contribution >= 0.6 is 0 Å². The summed E-state index contributed by atoms with van der Waals surface area (Å²) < 4.78 is 10.4. The van der Waals surface area contributed by atoms with Gasteiger partial charge in [0.15, 0.2) is 11.5 Å². The van der Waals surface area contributed by atoms with Gasteiger partial charge < -0.3 is 9.47 Å². The third kappa shape index (κ3) is 3.24. The van der Waals surface area contributed by atoms with E-state index in [4.69, 9.17) is 9.47 Å². The zero-order valence-corrected chi connectivity index (χ0v) is 15.7. The lowest BCUT2D eigenvalue weighted by atomic mass is 10.0. The lowest BCUT2D eigenvalue weighted by Crippen LogP contribution is -2.54. The highest BCUT2D eigenvalue weighted by atomic mass is 16.7. The highest BCUT2D eigenvalue weighted by molar-refractivity contribution is 6.39. The van der Waals surface area contributed by atoms with E-state index < -0.39 is 28.3 Å². The van der Waals surface area contributed by atoms with Gasteiger partial charge in [0.2, 0.25) is 6.79 Å². The molecule has 0 radical (unpaired) electrons. The van der Waals surface area contributed by atoms with Crippen LogP contribution in [0.15, 0.2) is 42.0 Å². The minimum atomic E-state index is -0.946. The predicted molar refractivity (Wildman–Crippen MR) is 104 cm³/mol. The van der Waals surface area contributed by atoms with Crippen LogP contribution in [-0.2, 0) is 16.0 Å². The number of fused-ring (bicyclic) bond motifs is 1. The van der Waals surface area contributed by atoms with Gasteiger partial charge in [-0.2, -0.15) is 0 Å². The van der Waals surface area contributed by atoms with E-state index in [2.05, 4.69) is 5.32 Å². The summed E-state index contributed by atoms with van der Waals surface area (Å²) in [5.41, 5.74) is 0.456. The van der Waals surface area contributed by atoms with Gasteiger partial charge in [0.25, 0.3) is 17.5 Å². The number of nitro benzene ring substituents is 1. The molecule has 10 nitrogen and oxygen atoms in total. The Labute approximate surface area is 169 Å². The minimum Gasteiger partial charge on any atom is -0.454 e. The second kappa shape index (κ2) is 7.32. The number of hydrogen-bond acceptors (Lipinski definition) is 7. The van der Waals surface area contributed by atoms with E-state index in [1.54, 1.807) is 24.3 Å². The number of rotatable bonds is 4. The molecule has 0 bridgehead atoms. The Morgan fingerprint density at radius 3 is 2.43 bits per heavy atom. The van der Waals surface area contributed by atoms with Crippen LogP contribution in [-0.4, -0.2) is 29.6 Å². The Balaban J connectivity index is 1.77. The maximum absolute atomic E-state index is 13.0. The SMILES string of the molecule is CCc1ccc(N2C(=O)NC(=O)/C(=C\c3cc4c(cc3[N+](=O)[O-])OCO4)C2=O)cc1. The Morgan fingerprint density at radius 1 is 1.13 bits per heavy atom. The second-order valence-electron chi connectivity index (χ2n) is 6.50. The average molecular weight is 409 g/mol. The summed E-state index contributed by atoms with van der Waals surface area (Å²) in [4.78, 5) is 49.2. The lowest BCUT2D eigenvalue weighted by Gasteiger charge is -2.26. The number of nitrogens with zero attached hydrogens (tertiary/aromatic N) is 2. The van der Waals surface area contributed by atoms with E-state index >= 15 is 0 Å². The molecule has 1 fully saturated rings. The van der Waals surface area contributed by atoms with E-state index in [9.17, 15) is 24.5 Å². The Bertz CT molecular complexity index is 1120. The third-order valence-electron chi connectivity index (χ3n) is 4.72. The Morgan fingerprint density at radius 2 is 1.80 bits per heavy atom. The van der Waals surface area contributed by atoms with Crippen LogP contribution in [0.5, 0.6) is 11.5 Å². The number of amides is 4. The number of anilines is 1. The van der Waals surface area contributed by atoms with E-state index in [-0.39, 0.29) is 35.2 Å². The summed E-state index contributed by atoms with van der Waals surface area (Å²) in [5.74, 6) is -1.39. The molecule has 152 valence electrons. The molecule has 0 unspecified atom stereocenters. The van der Waals surface area contributed by atoms with Crippen molar-refractivity contribution < 1.29 is 28.8 Å². The fraction of sp³-hybridized carbons (Fsp3) is 0.150. The normalized spacial score (nSPS) is 16.8. The second-order valence-corrected chi connectivity index (χ2v) is 6.50. The summed E-state index contributed by atoms with van der Waals surface area (Å²) in [6, 6.07) is 8.28. The maximum Gasteiger partial charge on any atom is 0.335 e. The van der Waals surface area contributed by atoms with Crippen molar-refractivity contribution in [2.24, 2.45) is 0 Å². The maximum atomic E-state index is 13.0. The number of ether oxygens (including phenoxy) is 2. The van der Waals surface area contributed by atoms with Crippen molar-refractivity contribution >= 4 is 35.3 Å². The molecular weight excluding hydrogens is 394 g/mol. The fourth-order valence-electron chi connectivity index (χ4n) is 3.15. The first-order valence-corrected chi connectivity index (χ1v) is 8.97. The fourth-order valence-corrected chi connectivity index (χ4v) is 3.15. The molecule has 2 heterocycles. The van der Waals surface area contributed by atoms with E-state index in [0.29, 0.717) is 0 Å². The highest BCUT2D eigenvalue weighted by Crippen LogP contribution is 2.39. The number of barbiturate groups is 1. The van der Waals surface area contributed by atoms with Crippen molar-refractivity contribution in [3.63, 3.8) is 0 Å². The zero-order chi connectivity index (χ0) is 21.4. The average Bonchev–Trinajstić information content (AvgIpc) is 3.18. The van der Waals surface area contributed by atoms with Gasteiger partial charge in [-0.25, -0.2) is 9.69 Å². The molecule has 2 aromatic carbocycles. The van der Waals surface area contributed by atoms with Crippen LogP contribution in [0.2, 0.25) is 0 Å². The molecule has 0 atom stereocenters. The standard InChI is InChI=1S/C20H15N3O7/c1-2-11-3-5-13(6-4-11)22-19(25)14(18(24)21-20(22)26)7-12-8-16-17(30-10-29-16)9-15(12)23(27)28/h3-9H,2,10H2,1H3,(H,21,24,26)/b14-7+. The molecule has 4 rings (SSSR count). The first-order chi connectivity index (χ1) is 14.4. The van der Waals surface area contributed by atoms with Gasteiger partial charge in [0, 0.05) is 0 Å². The van der Waals surface area contributed by atoms with Crippen LogP contribution in [0.1, 0.15) is 18.1 Å². The number of imide groups is 2. The molecule has 30 heavy (non-hydrogen) atoms. The largest absolute Gasteiger partial charge is 0.454 e. The van der Waals surface area contributed by atoms with Crippen LogP contribution < -0.4 is 19.7 Å². The van der Waals surface area contributed by atoms with Crippen LogP contribution in [0.3, 0.4) is 0 Å². The summed E-state index contributed by atoms with van der Waals surface area (Å²) in [7, 11) is 0. The van der Waals surface area contributed by atoms with Gasteiger partial charge in [-0.15, -0.1) is 0 Å². The monoisotopic (exact) mass is 409 g/mol. The molecule has 0 aliphatic carbocycles. The molecule has 2 aliphatic heterocycles. The molecule has 0 aromatic heterocycles. The van der Waals surface area contributed by atoms with Gasteiger partial charge in [-0.05, 0) is 36.3 Å². The molecule has 1 saturated heterocycles. The third-order valence-corrected chi connectivity index (χ3v) is 4.72. The lowest BCUT2D eigenvalue weighted by molar-refractivity contribution is -0.385. The van der Waals surface area contributed by atoms with Crippen molar-refractivity contribution in [3.05, 3.63) is 63.2 Å². The van der Waals surface area contributed by atoms with E-state index in [0.717, 1.165) is 29.0 Å². The molecular formula is C20H15N3O7. The van der Waals surface area contributed by atoms with Gasteiger partial charge in [-0.3, -0.25) is 25.0 Å². The van der Waals surface area contributed by atoms with Gasteiger partial charge in [0.1, 0.15) is 5.57 Å². The number of hydrogen-bond donors (Lipinski definition) is 1. The number of carbonyl (C=O) groups is 3. The van der Waals surface area contributed by atoms with Gasteiger partial charge in [-0.1, -0.05) is 19.1 Å². The van der Waals surface area contributed by atoms with Crippen molar-refractivity contribution in [2.45, 2.75) is 13.3 Å². The summed E-state index contributed by atoms with van der Waals surface area (Å²) in [6.45, 7) is 1.87. The van der Waals surface area contributed by atoms with Crippen LogP contribution in [0.4, 0.5) is 16.2 Å². The molecule has 0 spiro atoms. The highest BCUT2D eigenvalue weighted by Gasteiger charge is 2.37. The van der Waals surface area contributed by atoms with E-state index in [1.165, 1.54) is 6.07 Å². The molecule has 1 N–H and O–H groups in total. The number of carbonyl (C=O) groups excluding carboxylic acids is 3. The van der Waals surface area contributed by atoms with Crippen molar-refractivity contribution in [3.8, 4) is 11.5 Å². The number of benzene rings is 2. The number of nitro groups is 1. The summed E-state index contributed by atoms with van der Waals surface area (Å²) >= 11 is 0. The van der Waals surface area contributed by atoms with Gasteiger partial charge in [0.05, 0.1) is 22.2 Å². The first kappa shape index (κ1) is 19.1. The summed E-state index contributed by atoms with van der Waals surface area (Å²) in [5, 5.41) is 13.5. The molecule has 10 heteroatoms. The first-order valence-electron chi connectivity index (χ1n) is 8.97. The zero-order valence-electron chi connectivity index (χ0n) is 15.7. The topological polar surface area (TPSA) is 128 Å². The minimum absolute atomic E-state index is 0.0293. The molecule has 2 aliphatic rings. The molecule has 4 amide bonds. The quantitative estimate of drug-likeness (QED) is 0.356. The van der Waals surface area contributed by atoms with Crippen molar-refractivity contribution in [1.82, 2.24) is 5.32 Å². The number of urea groups is 1. The van der Waals surface area contributed by atoms with Gasteiger partial charge >= 0.3 is 6.03 Å². The Kier molecular flexibility index (Phi) is 4.66. The number of nitrogens with one attached hydrogen (secondary N) is 1. The molecule has 0 saturated carbocycles. The molecule has 2 aromatic rings. The Hall–Kier alpha value is -4.21. The summed E-state index contributed by atoms with van der Waals surface area (Å²) in [6.07, 6.45) is 1.84. The van der Waals surface area contributed by atoms with Crippen molar-refractivity contribution in [1.29, 1.82) is 0 Å². The van der Waals surface area contributed by atoms with Crippen molar-refractivity contribution in [2.75, 3.05) is 11.7 Å². The van der Waals surface area contributed by atoms with Crippen LogP contribution in [0, 0.1) is 10.1 Å². The smallest absolute Gasteiger partial charge is 0.335 e. The number of aryl methyl sites for hydroxylation is 1. The van der Waals surface area contributed by atoms with E-state index in [1.807, 2.05) is 6.92 Å².